The van der Waals surface area contributed by atoms with E-state index in [0.29, 0.717) is 6.10 Å². The van der Waals surface area contributed by atoms with Gasteiger partial charge in [-0.2, -0.15) is 0 Å². The van der Waals surface area contributed by atoms with Crippen LogP contribution in [-0.2, 0) is 4.74 Å². The van der Waals surface area contributed by atoms with Crippen LogP contribution < -0.4 is 5.32 Å². The largest absolute Gasteiger partial charge is 0.389 e. The van der Waals surface area contributed by atoms with Gasteiger partial charge in [0, 0.05) is 13.2 Å². The molecule has 88 valence electrons. The second kappa shape index (κ2) is 5.28. The second-order valence-electron chi connectivity index (χ2n) is 5.03. The van der Waals surface area contributed by atoms with Crippen LogP contribution >= 0.6 is 0 Å². The van der Waals surface area contributed by atoms with Crippen LogP contribution in [0.25, 0.3) is 0 Å². The lowest BCUT2D eigenvalue weighted by atomic mass is 10.0. The zero-order valence-electron chi connectivity index (χ0n) is 9.50. The van der Waals surface area contributed by atoms with E-state index in [1.54, 1.807) is 0 Å². The summed E-state index contributed by atoms with van der Waals surface area (Å²) in [6, 6.07) is 0. The van der Waals surface area contributed by atoms with Crippen molar-refractivity contribution in [2.75, 3.05) is 19.7 Å². The molecular weight excluding hydrogens is 190 g/mol. The van der Waals surface area contributed by atoms with E-state index >= 15 is 0 Å². The van der Waals surface area contributed by atoms with Gasteiger partial charge in [0.15, 0.2) is 0 Å². The molecule has 2 aliphatic rings. The Hall–Kier alpha value is -0.120. The van der Waals surface area contributed by atoms with Crippen molar-refractivity contribution in [2.24, 2.45) is 0 Å². The second-order valence-corrected chi connectivity index (χ2v) is 5.03. The third kappa shape index (κ3) is 3.44. The molecule has 0 spiro atoms. The van der Waals surface area contributed by atoms with Crippen molar-refractivity contribution in [3.63, 3.8) is 0 Å². The Morgan fingerprint density at radius 2 is 2.07 bits per heavy atom. The fraction of sp³-hybridized carbons (Fsp3) is 1.00. The Balaban J connectivity index is 1.54. The molecule has 0 aromatic carbocycles. The number of ether oxygens (including phenoxy) is 1. The first-order chi connectivity index (χ1) is 7.29. The molecule has 1 aliphatic heterocycles. The molecule has 0 bridgehead atoms. The average Bonchev–Trinajstić information content (AvgIpc) is 2.84. The van der Waals surface area contributed by atoms with E-state index < -0.39 is 5.60 Å². The minimum absolute atomic E-state index is 0.406. The van der Waals surface area contributed by atoms with Crippen molar-refractivity contribution >= 4 is 0 Å². The summed E-state index contributed by atoms with van der Waals surface area (Å²) in [7, 11) is 0. The van der Waals surface area contributed by atoms with E-state index in [0.717, 1.165) is 39.0 Å². The first kappa shape index (κ1) is 11.4. The molecule has 15 heavy (non-hydrogen) atoms. The average molecular weight is 213 g/mol. The highest BCUT2D eigenvalue weighted by atomic mass is 16.5. The quantitative estimate of drug-likeness (QED) is 0.679. The van der Waals surface area contributed by atoms with E-state index in [1.807, 2.05) is 0 Å². The first-order valence-electron chi connectivity index (χ1n) is 6.33. The van der Waals surface area contributed by atoms with Crippen molar-refractivity contribution in [3.8, 4) is 0 Å². The molecule has 1 saturated carbocycles. The molecule has 1 aliphatic carbocycles. The van der Waals surface area contributed by atoms with Gasteiger partial charge in [-0.25, -0.2) is 0 Å². The van der Waals surface area contributed by atoms with Crippen LogP contribution in [0.5, 0.6) is 0 Å². The topological polar surface area (TPSA) is 41.5 Å². The SMILES string of the molecule is OC1(CNCCC2CCCO2)CCCC1. The number of hydrogen-bond donors (Lipinski definition) is 2. The van der Waals surface area contributed by atoms with Crippen molar-refractivity contribution in [1.82, 2.24) is 5.32 Å². The van der Waals surface area contributed by atoms with Gasteiger partial charge in [-0.15, -0.1) is 0 Å². The molecule has 0 amide bonds. The van der Waals surface area contributed by atoms with Crippen molar-refractivity contribution in [2.45, 2.75) is 56.7 Å². The summed E-state index contributed by atoms with van der Waals surface area (Å²) < 4.78 is 5.55. The first-order valence-corrected chi connectivity index (χ1v) is 6.33. The molecular formula is C12H23NO2. The van der Waals surface area contributed by atoms with Gasteiger partial charge in [0.05, 0.1) is 11.7 Å². The van der Waals surface area contributed by atoms with Gasteiger partial charge in [-0.1, -0.05) is 12.8 Å². The van der Waals surface area contributed by atoms with Gasteiger partial charge in [-0.05, 0) is 38.6 Å². The minimum Gasteiger partial charge on any atom is -0.389 e. The minimum atomic E-state index is -0.406. The molecule has 0 radical (unpaired) electrons. The Morgan fingerprint density at radius 1 is 1.27 bits per heavy atom. The molecule has 0 aromatic heterocycles. The van der Waals surface area contributed by atoms with E-state index in [1.165, 1.54) is 25.7 Å². The van der Waals surface area contributed by atoms with Crippen LogP contribution in [0, 0.1) is 0 Å². The number of hydrogen-bond acceptors (Lipinski definition) is 3. The van der Waals surface area contributed by atoms with E-state index in [-0.39, 0.29) is 0 Å². The molecule has 3 nitrogen and oxygen atoms in total. The van der Waals surface area contributed by atoms with Crippen LogP contribution in [-0.4, -0.2) is 36.5 Å². The number of aliphatic hydroxyl groups is 1. The van der Waals surface area contributed by atoms with Crippen LogP contribution in [0.4, 0.5) is 0 Å². The van der Waals surface area contributed by atoms with Crippen molar-refractivity contribution in [3.05, 3.63) is 0 Å². The molecule has 0 aromatic rings. The normalized spacial score (nSPS) is 29.8. The van der Waals surface area contributed by atoms with Crippen molar-refractivity contribution in [1.29, 1.82) is 0 Å². The molecule has 2 N–H and O–H groups in total. The molecule has 1 atom stereocenters. The summed E-state index contributed by atoms with van der Waals surface area (Å²) >= 11 is 0. The maximum absolute atomic E-state index is 10.1. The fourth-order valence-electron chi connectivity index (χ4n) is 2.67. The fourth-order valence-corrected chi connectivity index (χ4v) is 2.67. The molecule has 3 heteroatoms. The van der Waals surface area contributed by atoms with Gasteiger partial charge < -0.3 is 15.2 Å². The van der Waals surface area contributed by atoms with E-state index in [4.69, 9.17) is 4.74 Å². The van der Waals surface area contributed by atoms with Crippen molar-refractivity contribution < 1.29 is 9.84 Å². The maximum Gasteiger partial charge on any atom is 0.0771 e. The third-order valence-corrected chi connectivity index (χ3v) is 3.66. The Morgan fingerprint density at radius 3 is 2.73 bits per heavy atom. The standard InChI is InChI=1S/C12H23NO2/c14-12(6-1-2-7-12)10-13-8-5-11-4-3-9-15-11/h11,13-14H,1-10H2. The summed E-state index contributed by atoms with van der Waals surface area (Å²) in [5, 5.41) is 13.5. The summed E-state index contributed by atoms with van der Waals surface area (Å²) in [5.74, 6) is 0. The predicted octanol–water partition coefficient (Wildman–Crippen LogP) is 1.45. The summed E-state index contributed by atoms with van der Waals surface area (Å²) in [5.41, 5.74) is -0.406. The zero-order valence-corrected chi connectivity index (χ0v) is 9.50. The third-order valence-electron chi connectivity index (χ3n) is 3.66. The molecule has 1 saturated heterocycles. The maximum atomic E-state index is 10.1. The van der Waals surface area contributed by atoms with Crippen LogP contribution in [0.1, 0.15) is 44.9 Å². The Bertz CT molecular complexity index is 184. The molecule has 1 unspecified atom stereocenters. The lowest BCUT2D eigenvalue weighted by molar-refractivity contribution is 0.0457. The summed E-state index contributed by atoms with van der Waals surface area (Å²) in [6.07, 6.45) is 8.31. The monoisotopic (exact) mass is 213 g/mol. The van der Waals surface area contributed by atoms with Crippen LogP contribution in [0.3, 0.4) is 0 Å². The van der Waals surface area contributed by atoms with Crippen LogP contribution in [0.15, 0.2) is 0 Å². The van der Waals surface area contributed by atoms with Crippen LogP contribution in [0.2, 0.25) is 0 Å². The number of rotatable bonds is 5. The highest BCUT2D eigenvalue weighted by molar-refractivity contribution is 4.86. The lowest BCUT2D eigenvalue weighted by Gasteiger charge is -2.22. The Labute approximate surface area is 92.2 Å². The van der Waals surface area contributed by atoms with Gasteiger partial charge >= 0.3 is 0 Å². The number of nitrogens with one attached hydrogen (secondary N) is 1. The van der Waals surface area contributed by atoms with Gasteiger partial charge in [0.1, 0.15) is 0 Å². The summed E-state index contributed by atoms with van der Waals surface area (Å²) in [6.45, 7) is 2.68. The van der Waals surface area contributed by atoms with Gasteiger partial charge in [0.2, 0.25) is 0 Å². The van der Waals surface area contributed by atoms with E-state index in [9.17, 15) is 5.11 Å². The molecule has 2 rings (SSSR count). The molecule has 2 fully saturated rings. The lowest BCUT2D eigenvalue weighted by Crippen LogP contribution is -2.38. The summed E-state index contributed by atoms with van der Waals surface area (Å²) in [4.78, 5) is 0. The van der Waals surface area contributed by atoms with Gasteiger partial charge in [-0.3, -0.25) is 0 Å². The van der Waals surface area contributed by atoms with Gasteiger partial charge in [0.25, 0.3) is 0 Å². The smallest absolute Gasteiger partial charge is 0.0771 e. The highest BCUT2D eigenvalue weighted by Crippen LogP contribution is 2.28. The molecule has 1 heterocycles. The highest BCUT2D eigenvalue weighted by Gasteiger charge is 2.30. The van der Waals surface area contributed by atoms with E-state index in [2.05, 4.69) is 5.32 Å². The predicted molar refractivity (Wildman–Crippen MR) is 59.9 cm³/mol. The zero-order chi connectivity index (χ0) is 10.6. The Kier molecular flexibility index (Phi) is 4.00.